The summed E-state index contributed by atoms with van der Waals surface area (Å²) in [4.78, 5) is 32.8. The number of nitrogens with one attached hydrogen (secondary N) is 1. The van der Waals surface area contributed by atoms with Gasteiger partial charge in [-0.2, -0.15) is 0 Å². The zero-order valence-electron chi connectivity index (χ0n) is 17.1. The third-order valence-electron chi connectivity index (χ3n) is 6.12. The fourth-order valence-corrected chi connectivity index (χ4v) is 4.32. The minimum atomic E-state index is -1.53. The predicted octanol–water partition coefficient (Wildman–Crippen LogP) is 0.531. The number of likely N-dealkylation sites (tertiary alicyclic amines) is 1. The number of carboxylic acids is 1. The molecule has 10 nitrogen and oxygen atoms in total. The number of rotatable bonds is 7. The number of carbonyl (C=O) groups is 2. The van der Waals surface area contributed by atoms with E-state index in [2.05, 4.69) is 9.97 Å². The molecule has 5 N–H and O–H groups in total. The third kappa shape index (κ3) is 3.98. The molecule has 31 heavy (non-hydrogen) atoms. The maximum Gasteiger partial charge on any atom is 0.455 e. The highest BCUT2D eigenvalue weighted by Gasteiger charge is 2.55. The summed E-state index contributed by atoms with van der Waals surface area (Å²) in [6, 6.07) is 3.03. The first-order chi connectivity index (χ1) is 14.7. The minimum Gasteiger partial charge on any atom is -0.507 e. The van der Waals surface area contributed by atoms with E-state index >= 15 is 0 Å². The van der Waals surface area contributed by atoms with Crippen molar-refractivity contribution >= 4 is 19.0 Å². The molecule has 3 atom stereocenters. The molecule has 1 saturated heterocycles. The zero-order chi connectivity index (χ0) is 22.4. The number of hydrogen-bond donors (Lipinski definition) is 5. The first-order valence-electron chi connectivity index (χ1n) is 10.1. The number of aromatic amines is 1. The largest absolute Gasteiger partial charge is 0.507 e. The Morgan fingerprint density at radius 2 is 2.03 bits per heavy atom. The standard InChI is InChI=1S/C20H24BN3O7/c1-9-16(18(9)21(29)30)13-3-4-14(17(19(13)26)20(27)28)31-12-7-24(8-12)15(25)5-11-6-22-10(2)23-11/h3-4,6,9,12,16,18,26,29-30H,5,7-8H2,1-2H3,(H,22,23)(H,27,28). The van der Waals surface area contributed by atoms with E-state index < -0.39 is 24.7 Å². The average molecular weight is 429 g/mol. The number of hydrogen-bond acceptors (Lipinski definition) is 7. The second-order valence-electron chi connectivity index (χ2n) is 8.25. The lowest BCUT2D eigenvalue weighted by Crippen LogP contribution is -2.56. The van der Waals surface area contributed by atoms with Gasteiger partial charge in [0, 0.05) is 12.0 Å². The molecule has 1 saturated carbocycles. The predicted molar refractivity (Wildman–Crippen MR) is 109 cm³/mol. The maximum absolute atomic E-state index is 12.3. The number of phenols is 1. The third-order valence-corrected chi connectivity index (χ3v) is 6.12. The molecule has 1 aliphatic heterocycles. The van der Waals surface area contributed by atoms with E-state index in [4.69, 9.17) is 4.74 Å². The van der Waals surface area contributed by atoms with Crippen LogP contribution in [0.15, 0.2) is 18.3 Å². The van der Waals surface area contributed by atoms with Gasteiger partial charge in [0.05, 0.1) is 25.2 Å². The van der Waals surface area contributed by atoms with Crippen LogP contribution in [0.5, 0.6) is 11.5 Å². The SMILES string of the molecule is Cc1nc(CC(=O)N2CC(Oc3ccc(C4C(C)C4B(O)O)c(O)c3C(=O)O)C2)c[nH]1. The van der Waals surface area contributed by atoms with Gasteiger partial charge in [-0.05, 0) is 30.4 Å². The molecule has 3 unspecified atom stereocenters. The first kappa shape index (κ1) is 21.2. The van der Waals surface area contributed by atoms with E-state index in [-0.39, 0.29) is 41.6 Å². The fraction of sp³-hybridized carbons (Fsp3) is 0.450. The second kappa shape index (κ2) is 7.90. The van der Waals surface area contributed by atoms with Crippen molar-refractivity contribution in [3.8, 4) is 11.5 Å². The molecule has 164 valence electrons. The number of ether oxygens (including phenoxy) is 1. The summed E-state index contributed by atoms with van der Waals surface area (Å²) >= 11 is 0. The number of aromatic nitrogens is 2. The number of carbonyl (C=O) groups excluding carboxylic acids is 1. The molecule has 1 aromatic heterocycles. The first-order valence-corrected chi connectivity index (χ1v) is 10.1. The van der Waals surface area contributed by atoms with Gasteiger partial charge >= 0.3 is 13.1 Å². The van der Waals surface area contributed by atoms with Crippen molar-refractivity contribution in [3.05, 3.63) is 41.0 Å². The number of benzene rings is 1. The van der Waals surface area contributed by atoms with Gasteiger partial charge in [-0.25, -0.2) is 9.78 Å². The highest BCUT2D eigenvalue weighted by Crippen LogP contribution is 2.61. The number of amides is 1. The van der Waals surface area contributed by atoms with Gasteiger partial charge in [-0.1, -0.05) is 13.0 Å². The lowest BCUT2D eigenvalue weighted by molar-refractivity contribution is -0.139. The summed E-state index contributed by atoms with van der Waals surface area (Å²) in [5, 5.41) is 39.1. The van der Waals surface area contributed by atoms with Crippen molar-refractivity contribution in [2.75, 3.05) is 13.1 Å². The molecule has 0 spiro atoms. The summed E-state index contributed by atoms with van der Waals surface area (Å²) in [7, 11) is -1.53. The molecule has 2 aromatic rings. The normalized spacial score (nSPS) is 22.7. The van der Waals surface area contributed by atoms with Crippen molar-refractivity contribution < 1.29 is 34.6 Å². The molecule has 2 heterocycles. The van der Waals surface area contributed by atoms with E-state index in [1.54, 1.807) is 24.1 Å². The summed E-state index contributed by atoms with van der Waals surface area (Å²) < 4.78 is 5.76. The summed E-state index contributed by atoms with van der Waals surface area (Å²) in [5.41, 5.74) is 0.649. The van der Waals surface area contributed by atoms with Crippen LogP contribution in [0, 0.1) is 12.8 Å². The number of imidazole rings is 1. The van der Waals surface area contributed by atoms with Crippen LogP contribution < -0.4 is 4.74 Å². The molecule has 1 aliphatic carbocycles. The van der Waals surface area contributed by atoms with Crippen molar-refractivity contribution in [1.29, 1.82) is 0 Å². The van der Waals surface area contributed by atoms with Crippen LogP contribution in [0.25, 0.3) is 0 Å². The Kier molecular flexibility index (Phi) is 5.40. The van der Waals surface area contributed by atoms with Gasteiger partial charge in [0.15, 0.2) is 0 Å². The van der Waals surface area contributed by atoms with Crippen LogP contribution in [0.4, 0.5) is 0 Å². The number of H-pyrrole nitrogens is 1. The smallest absolute Gasteiger partial charge is 0.455 e. The quantitative estimate of drug-likeness (QED) is 0.399. The summed E-state index contributed by atoms with van der Waals surface area (Å²) in [6.07, 6.45) is 1.47. The van der Waals surface area contributed by atoms with E-state index in [0.29, 0.717) is 24.3 Å². The van der Waals surface area contributed by atoms with Crippen LogP contribution in [0.1, 0.15) is 40.3 Å². The van der Waals surface area contributed by atoms with Gasteiger partial charge in [-0.15, -0.1) is 0 Å². The number of aromatic carboxylic acids is 1. The van der Waals surface area contributed by atoms with Gasteiger partial charge in [0.25, 0.3) is 0 Å². The van der Waals surface area contributed by atoms with E-state index in [0.717, 1.165) is 5.82 Å². The van der Waals surface area contributed by atoms with Gasteiger partial charge in [-0.3, -0.25) is 4.79 Å². The molecular weight excluding hydrogens is 405 g/mol. The Balaban J connectivity index is 1.42. The van der Waals surface area contributed by atoms with Crippen molar-refractivity contribution in [2.24, 2.45) is 5.92 Å². The number of carboxylic acid groups (broad SMARTS) is 1. The molecule has 4 rings (SSSR count). The van der Waals surface area contributed by atoms with Gasteiger partial charge in [0.1, 0.15) is 29.0 Å². The van der Waals surface area contributed by atoms with Gasteiger partial charge < -0.3 is 34.9 Å². The zero-order valence-corrected chi connectivity index (χ0v) is 17.1. The van der Waals surface area contributed by atoms with Gasteiger partial charge in [0.2, 0.25) is 5.91 Å². The van der Waals surface area contributed by atoms with E-state index in [9.17, 15) is 29.9 Å². The minimum absolute atomic E-state index is 0.0168. The molecule has 0 radical (unpaired) electrons. The second-order valence-corrected chi connectivity index (χ2v) is 8.25. The lowest BCUT2D eigenvalue weighted by Gasteiger charge is -2.39. The molecule has 1 amide bonds. The molecule has 11 heteroatoms. The maximum atomic E-state index is 12.3. The van der Waals surface area contributed by atoms with Crippen LogP contribution in [0.3, 0.4) is 0 Å². The molecule has 2 aliphatic rings. The average Bonchev–Trinajstić information content (AvgIpc) is 3.15. The highest BCUT2D eigenvalue weighted by molar-refractivity contribution is 6.45. The van der Waals surface area contributed by atoms with E-state index in [1.165, 1.54) is 6.07 Å². The number of aryl methyl sites for hydroxylation is 1. The Morgan fingerprint density at radius 3 is 2.58 bits per heavy atom. The topological polar surface area (TPSA) is 156 Å². The molecule has 2 fully saturated rings. The molecular formula is C20H24BN3O7. The summed E-state index contributed by atoms with van der Waals surface area (Å²) in [5.74, 6) is -2.00. The Bertz CT molecular complexity index is 1020. The monoisotopic (exact) mass is 429 g/mol. The van der Waals surface area contributed by atoms with E-state index in [1.807, 2.05) is 6.92 Å². The van der Waals surface area contributed by atoms with Crippen LogP contribution in [0.2, 0.25) is 5.82 Å². The molecule has 0 bridgehead atoms. The molecule has 1 aromatic carbocycles. The van der Waals surface area contributed by atoms with Crippen molar-refractivity contribution in [2.45, 2.75) is 38.1 Å². The van der Waals surface area contributed by atoms with Crippen LogP contribution in [-0.2, 0) is 11.2 Å². The van der Waals surface area contributed by atoms with Crippen LogP contribution >= 0.6 is 0 Å². The Labute approximate surface area is 178 Å². The number of nitrogens with zero attached hydrogens (tertiary/aromatic N) is 2. The Hall–Kier alpha value is -3.05. The summed E-state index contributed by atoms with van der Waals surface area (Å²) in [6.45, 7) is 4.23. The fourth-order valence-electron chi connectivity index (χ4n) is 4.32. The van der Waals surface area contributed by atoms with Crippen LogP contribution in [-0.4, -0.2) is 73.3 Å². The lowest BCUT2D eigenvalue weighted by atomic mass is 9.80. The highest BCUT2D eigenvalue weighted by atomic mass is 16.5. The van der Waals surface area contributed by atoms with Crippen molar-refractivity contribution in [3.63, 3.8) is 0 Å². The number of aromatic hydroxyl groups is 1. The van der Waals surface area contributed by atoms with Crippen molar-refractivity contribution in [1.82, 2.24) is 14.9 Å². The Morgan fingerprint density at radius 1 is 1.32 bits per heavy atom.